The summed E-state index contributed by atoms with van der Waals surface area (Å²) in [4.78, 5) is 24.5. The maximum Gasteiger partial charge on any atom is 0.162 e. The van der Waals surface area contributed by atoms with Crippen LogP contribution < -0.4 is 5.32 Å². The highest BCUT2D eigenvalue weighted by atomic mass is 16.1. The molecule has 144 valence electrons. The lowest BCUT2D eigenvalue weighted by Gasteiger charge is -2.13. The third kappa shape index (κ3) is 4.66. The molecule has 0 amide bonds. The monoisotopic (exact) mass is 373 g/mol. The summed E-state index contributed by atoms with van der Waals surface area (Å²) >= 11 is 0. The first kappa shape index (κ1) is 19.8. The number of ketones is 2. The van der Waals surface area contributed by atoms with E-state index in [9.17, 15) is 9.59 Å². The standard InChI is InChI=1S/C25H27NO2/c1-3-8-23-19(14-13-18-9-5-6-12-24(18)23)16-22(27)17-26-21-11-7-10-20(15-21)25(28)4-2/h5-7,9-15,26H,3-4,8,16-17H2,1-2H3. The number of hydrogen-bond acceptors (Lipinski definition) is 3. The molecule has 3 aromatic rings. The van der Waals surface area contributed by atoms with Gasteiger partial charge in [0.05, 0.1) is 6.54 Å². The lowest BCUT2D eigenvalue weighted by molar-refractivity contribution is -0.116. The number of carbonyl (C=O) groups excluding carboxylic acids is 2. The Morgan fingerprint density at radius 2 is 1.75 bits per heavy atom. The predicted octanol–water partition coefficient (Wildman–Crippen LogP) is 5.61. The Morgan fingerprint density at radius 1 is 0.929 bits per heavy atom. The first-order valence-electron chi connectivity index (χ1n) is 10.0. The normalized spacial score (nSPS) is 10.8. The summed E-state index contributed by atoms with van der Waals surface area (Å²) in [6.45, 7) is 4.27. The molecular weight excluding hydrogens is 346 g/mol. The molecule has 0 saturated heterocycles. The van der Waals surface area contributed by atoms with Crippen molar-refractivity contribution >= 4 is 28.0 Å². The van der Waals surface area contributed by atoms with Gasteiger partial charge in [-0.2, -0.15) is 0 Å². The maximum atomic E-state index is 12.6. The summed E-state index contributed by atoms with van der Waals surface area (Å²) in [5.74, 6) is 0.246. The average molecular weight is 373 g/mol. The van der Waals surface area contributed by atoms with Crippen molar-refractivity contribution in [2.24, 2.45) is 0 Å². The van der Waals surface area contributed by atoms with E-state index >= 15 is 0 Å². The van der Waals surface area contributed by atoms with Crippen molar-refractivity contribution in [3.8, 4) is 0 Å². The molecule has 0 heterocycles. The minimum atomic E-state index is 0.107. The number of Topliss-reactive ketones (excluding diaryl/α,β-unsaturated/α-hetero) is 2. The summed E-state index contributed by atoms with van der Waals surface area (Å²) in [5.41, 5.74) is 3.88. The molecule has 1 N–H and O–H groups in total. The zero-order chi connectivity index (χ0) is 19.9. The molecule has 0 saturated carbocycles. The third-order valence-electron chi connectivity index (χ3n) is 5.02. The third-order valence-corrected chi connectivity index (χ3v) is 5.02. The van der Waals surface area contributed by atoms with Crippen LogP contribution in [0.25, 0.3) is 10.8 Å². The minimum absolute atomic E-state index is 0.107. The lowest BCUT2D eigenvalue weighted by Crippen LogP contribution is -2.17. The van der Waals surface area contributed by atoms with Crippen LogP contribution in [0.15, 0.2) is 60.7 Å². The second kappa shape index (κ2) is 9.32. The van der Waals surface area contributed by atoms with Gasteiger partial charge in [0, 0.05) is 24.1 Å². The van der Waals surface area contributed by atoms with Crippen LogP contribution in [0, 0.1) is 0 Å². The predicted molar refractivity (Wildman–Crippen MR) is 116 cm³/mol. The molecule has 0 radical (unpaired) electrons. The summed E-state index contributed by atoms with van der Waals surface area (Å²) in [6.07, 6.45) is 2.91. The molecule has 0 aliphatic carbocycles. The largest absolute Gasteiger partial charge is 0.378 e. The van der Waals surface area contributed by atoms with Gasteiger partial charge in [-0.1, -0.05) is 68.8 Å². The zero-order valence-corrected chi connectivity index (χ0v) is 16.6. The number of fused-ring (bicyclic) bond motifs is 1. The van der Waals surface area contributed by atoms with Crippen molar-refractivity contribution in [1.29, 1.82) is 0 Å². The molecular formula is C25H27NO2. The molecule has 0 aliphatic rings. The quantitative estimate of drug-likeness (QED) is 0.496. The lowest BCUT2D eigenvalue weighted by atomic mass is 9.93. The fourth-order valence-electron chi connectivity index (χ4n) is 3.57. The summed E-state index contributed by atoms with van der Waals surface area (Å²) in [7, 11) is 0. The Bertz CT molecular complexity index is 991. The van der Waals surface area contributed by atoms with Gasteiger partial charge in [0.2, 0.25) is 0 Å². The Labute approximate surface area is 166 Å². The van der Waals surface area contributed by atoms with Gasteiger partial charge in [0.1, 0.15) is 0 Å². The van der Waals surface area contributed by atoms with Crippen molar-refractivity contribution in [2.45, 2.75) is 39.5 Å². The molecule has 3 aromatic carbocycles. The molecule has 0 atom stereocenters. The summed E-state index contributed by atoms with van der Waals surface area (Å²) < 4.78 is 0. The Hall–Kier alpha value is -2.94. The summed E-state index contributed by atoms with van der Waals surface area (Å²) in [6, 6.07) is 19.9. The number of carbonyl (C=O) groups is 2. The Morgan fingerprint density at radius 3 is 2.54 bits per heavy atom. The van der Waals surface area contributed by atoms with Crippen LogP contribution in [0.5, 0.6) is 0 Å². The molecule has 0 spiro atoms. The number of rotatable bonds is 9. The van der Waals surface area contributed by atoms with Crippen LogP contribution in [0.2, 0.25) is 0 Å². The molecule has 0 aromatic heterocycles. The second-order valence-electron chi connectivity index (χ2n) is 7.10. The Kier molecular flexibility index (Phi) is 6.59. The smallest absolute Gasteiger partial charge is 0.162 e. The van der Waals surface area contributed by atoms with Crippen LogP contribution in [-0.4, -0.2) is 18.1 Å². The van der Waals surface area contributed by atoms with Crippen LogP contribution in [0.4, 0.5) is 5.69 Å². The number of hydrogen-bond donors (Lipinski definition) is 1. The van der Waals surface area contributed by atoms with E-state index in [1.807, 2.05) is 37.3 Å². The van der Waals surface area contributed by atoms with Crippen LogP contribution in [-0.2, 0) is 17.6 Å². The van der Waals surface area contributed by atoms with Gasteiger partial charge in [0.15, 0.2) is 11.6 Å². The van der Waals surface area contributed by atoms with Crippen LogP contribution >= 0.6 is 0 Å². The van der Waals surface area contributed by atoms with Crippen molar-refractivity contribution in [1.82, 2.24) is 0 Å². The van der Waals surface area contributed by atoms with Gasteiger partial charge in [-0.3, -0.25) is 9.59 Å². The van der Waals surface area contributed by atoms with E-state index in [0.29, 0.717) is 18.4 Å². The average Bonchev–Trinajstić information content (AvgIpc) is 2.73. The molecule has 28 heavy (non-hydrogen) atoms. The van der Waals surface area contributed by atoms with E-state index in [2.05, 4.69) is 42.6 Å². The Balaban J connectivity index is 1.71. The number of aryl methyl sites for hydroxylation is 1. The number of anilines is 1. The van der Waals surface area contributed by atoms with E-state index in [-0.39, 0.29) is 18.1 Å². The molecule has 3 nitrogen and oxygen atoms in total. The van der Waals surface area contributed by atoms with Crippen molar-refractivity contribution in [3.63, 3.8) is 0 Å². The highest BCUT2D eigenvalue weighted by Gasteiger charge is 2.11. The fourth-order valence-corrected chi connectivity index (χ4v) is 3.57. The first-order valence-corrected chi connectivity index (χ1v) is 10.0. The first-order chi connectivity index (χ1) is 13.6. The molecule has 0 unspecified atom stereocenters. The van der Waals surface area contributed by atoms with E-state index in [1.54, 1.807) is 0 Å². The van der Waals surface area contributed by atoms with Crippen LogP contribution in [0.3, 0.4) is 0 Å². The van der Waals surface area contributed by atoms with Crippen molar-refractivity contribution in [3.05, 3.63) is 77.4 Å². The van der Waals surface area contributed by atoms with E-state index in [1.165, 1.54) is 16.3 Å². The highest BCUT2D eigenvalue weighted by molar-refractivity contribution is 5.97. The van der Waals surface area contributed by atoms with E-state index in [4.69, 9.17) is 0 Å². The van der Waals surface area contributed by atoms with E-state index in [0.717, 1.165) is 24.1 Å². The molecule has 3 heteroatoms. The SMILES string of the molecule is CCCc1c(CC(=O)CNc2cccc(C(=O)CC)c2)ccc2ccccc12. The highest BCUT2D eigenvalue weighted by Crippen LogP contribution is 2.24. The number of nitrogens with one attached hydrogen (secondary N) is 1. The summed E-state index contributed by atoms with van der Waals surface area (Å²) in [5, 5.41) is 5.63. The topological polar surface area (TPSA) is 46.2 Å². The molecule has 0 bridgehead atoms. The fraction of sp³-hybridized carbons (Fsp3) is 0.280. The second-order valence-corrected chi connectivity index (χ2v) is 7.10. The van der Waals surface area contributed by atoms with Gasteiger partial charge < -0.3 is 5.32 Å². The van der Waals surface area contributed by atoms with Gasteiger partial charge in [-0.25, -0.2) is 0 Å². The van der Waals surface area contributed by atoms with Crippen LogP contribution in [0.1, 0.15) is 48.2 Å². The number of benzene rings is 3. The minimum Gasteiger partial charge on any atom is -0.378 e. The van der Waals surface area contributed by atoms with Gasteiger partial charge in [-0.05, 0) is 40.5 Å². The molecule has 0 aliphatic heterocycles. The van der Waals surface area contributed by atoms with E-state index < -0.39 is 0 Å². The van der Waals surface area contributed by atoms with Gasteiger partial charge in [0.25, 0.3) is 0 Å². The van der Waals surface area contributed by atoms with Crippen molar-refractivity contribution in [2.75, 3.05) is 11.9 Å². The molecule has 0 fully saturated rings. The van der Waals surface area contributed by atoms with Gasteiger partial charge in [-0.15, -0.1) is 0 Å². The molecule has 3 rings (SSSR count). The maximum absolute atomic E-state index is 12.6. The zero-order valence-electron chi connectivity index (χ0n) is 16.6. The van der Waals surface area contributed by atoms with Crippen molar-refractivity contribution < 1.29 is 9.59 Å². The van der Waals surface area contributed by atoms with Gasteiger partial charge >= 0.3 is 0 Å².